The summed E-state index contributed by atoms with van der Waals surface area (Å²) in [7, 11) is -4.03. The first-order valence-corrected chi connectivity index (χ1v) is 8.61. The van der Waals surface area contributed by atoms with Gasteiger partial charge in [0, 0.05) is 15.7 Å². The molecule has 0 aliphatic heterocycles. The Morgan fingerprint density at radius 2 is 1.95 bits per heavy atom. The number of nitrogens with one attached hydrogen (secondary N) is 2. The zero-order valence-corrected chi connectivity index (χ0v) is 14.5. The number of benzene rings is 1. The Kier molecular flexibility index (Phi) is 4.84. The number of sulfonamides is 1. The third kappa shape index (κ3) is 3.35. The van der Waals surface area contributed by atoms with Crippen LogP contribution in [0.5, 0.6) is 0 Å². The Morgan fingerprint density at radius 1 is 1.38 bits per heavy atom. The standard InChI is InChI=1S/C11H10BrCl2N3O3S/c1-5-7(4-18)11(16-15-5)21(19,20)17-10-8(13)2-6(12)3-9(10)14/h2-3,17-18H,4H2,1H3,(H,15,16). The van der Waals surface area contributed by atoms with Crippen LogP contribution < -0.4 is 4.72 Å². The number of hydrogen-bond acceptors (Lipinski definition) is 4. The van der Waals surface area contributed by atoms with Crippen molar-refractivity contribution in [2.24, 2.45) is 0 Å². The molecule has 0 radical (unpaired) electrons. The van der Waals surface area contributed by atoms with Gasteiger partial charge >= 0.3 is 0 Å². The average Bonchev–Trinajstić information content (AvgIpc) is 2.75. The van der Waals surface area contributed by atoms with E-state index in [4.69, 9.17) is 23.2 Å². The van der Waals surface area contributed by atoms with Crippen molar-refractivity contribution in [2.45, 2.75) is 18.6 Å². The molecule has 0 bridgehead atoms. The third-order valence-corrected chi connectivity index (χ3v) is 5.07. The van der Waals surface area contributed by atoms with E-state index in [9.17, 15) is 13.5 Å². The normalized spacial score (nSPS) is 11.7. The molecule has 0 amide bonds. The van der Waals surface area contributed by atoms with Gasteiger partial charge in [-0.15, -0.1) is 0 Å². The number of anilines is 1. The molecule has 2 rings (SSSR count). The van der Waals surface area contributed by atoms with Crippen molar-refractivity contribution in [3.8, 4) is 0 Å². The van der Waals surface area contributed by atoms with Gasteiger partial charge in [0.1, 0.15) is 0 Å². The second-order valence-electron chi connectivity index (χ2n) is 4.14. The Morgan fingerprint density at radius 3 is 2.48 bits per heavy atom. The lowest BCUT2D eigenvalue weighted by Crippen LogP contribution is -2.16. The van der Waals surface area contributed by atoms with Crippen LogP contribution in [0.25, 0.3) is 0 Å². The van der Waals surface area contributed by atoms with Gasteiger partial charge in [-0.05, 0) is 19.1 Å². The molecule has 1 heterocycles. The topological polar surface area (TPSA) is 95.1 Å². The first-order valence-electron chi connectivity index (χ1n) is 5.58. The van der Waals surface area contributed by atoms with Crippen LogP contribution in [-0.4, -0.2) is 23.7 Å². The van der Waals surface area contributed by atoms with Gasteiger partial charge in [-0.3, -0.25) is 9.82 Å². The molecule has 0 aliphatic carbocycles. The Labute approximate surface area is 139 Å². The minimum absolute atomic E-state index is 0.0473. The maximum Gasteiger partial charge on any atom is 0.281 e. The maximum atomic E-state index is 12.4. The molecule has 2 aromatic rings. The molecule has 114 valence electrons. The molecule has 0 aliphatic rings. The summed E-state index contributed by atoms with van der Waals surface area (Å²) in [5.74, 6) is 0. The number of aromatic nitrogens is 2. The number of aliphatic hydroxyl groups is 1. The summed E-state index contributed by atoms with van der Waals surface area (Å²) in [6.07, 6.45) is 0. The van der Waals surface area contributed by atoms with Crippen LogP contribution >= 0.6 is 39.1 Å². The summed E-state index contributed by atoms with van der Waals surface area (Å²) in [4.78, 5) is 0. The van der Waals surface area contributed by atoms with Crippen LogP contribution in [0, 0.1) is 6.92 Å². The van der Waals surface area contributed by atoms with Crippen molar-refractivity contribution in [2.75, 3.05) is 4.72 Å². The van der Waals surface area contributed by atoms with Crippen molar-refractivity contribution >= 4 is 54.8 Å². The smallest absolute Gasteiger partial charge is 0.281 e. The summed E-state index contributed by atoms with van der Waals surface area (Å²) in [5, 5.41) is 15.4. The Balaban J connectivity index is 2.47. The molecule has 0 saturated carbocycles. The fourth-order valence-corrected chi connectivity index (χ4v) is 4.37. The van der Waals surface area contributed by atoms with E-state index < -0.39 is 16.6 Å². The highest BCUT2D eigenvalue weighted by atomic mass is 79.9. The minimum Gasteiger partial charge on any atom is -0.392 e. The van der Waals surface area contributed by atoms with E-state index in [1.165, 1.54) is 12.1 Å². The molecule has 3 N–H and O–H groups in total. The zero-order valence-electron chi connectivity index (χ0n) is 10.6. The number of hydrogen-bond donors (Lipinski definition) is 3. The average molecular weight is 415 g/mol. The maximum absolute atomic E-state index is 12.4. The van der Waals surface area contributed by atoms with Gasteiger partial charge < -0.3 is 5.11 Å². The monoisotopic (exact) mass is 413 g/mol. The number of halogens is 3. The molecule has 0 unspecified atom stereocenters. The van der Waals surface area contributed by atoms with Crippen LogP contribution in [0.15, 0.2) is 21.6 Å². The largest absolute Gasteiger partial charge is 0.392 e. The summed E-state index contributed by atoms with van der Waals surface area (Å²) in [5.41, 5.74) is 0.698. The lowest BCUT2D eigenvalue weighted by Gasteiger charge is -2.11. The second kappa shape index (κ2) is 6.13. The molecule has 0 fully saturated rings. The van der Waals surface area contributed by atoms with Crippen LogP contribution in [0.4, 0.5) is 5.69 Å². The fourth-order valence-electron chi connectivity index (χ4n) is 1.66. The van der Waals surface area contributed by atoms with Crippen molar-refractivity contribution in [1.82, 2.24) is 10.2 Å². The van der Waals surface area contributed by atoms with E-state index >= 15 is 0 Å². The molecule has 21 heavy (non-hydrogen) atoms. The van der Waals surface area contributed by atoms with Gasteiger partial charge in [0.15, 0.2) is 0 Å². The van der Waals surface area contributed by atoms with Gasteiger partial charge in [0.2, 0.25) is 5.03 Å². The molecule has 6 nitrogen and oxygen atoms in total. The lowest BCUT2D eigenvalue weighted by molar-refractivity contribution is 0.277. The van der Waals surface area contributed by atoms with Gasteiger partial charge in [-0.1, -0.05) is 39.1 Å². The highest BCUT2D eigenvalue weighted by Crippen LogP contribution is 2.35. The quantitative estimate of drug-likeness (QED) is 0.716. The molecule has 1 aromatic carbocycles. The second-order valence-corrected chi connectivity index (χ2v) is 7.47. The van der Waals surface area contributed by atoms with Crippen molar-refractivity contribution in [3.63, 3.8) is 0 Å². The summed E-state index contributed by atoms with van der Waals surface area (Å²) in [6.45, 7) is 1.15. The van der Waals surface area contributed by atoms with Crippen molar-refractivity contribution in [3.05, 3.63) is 37.9 Å². The van der Waals surface area contributed by atoms with Crippen molar-refractivity contribution in [1.29, 1.82) is 0 Å². The molecular weight excluding hydrogens is 405 g/mol. The van der Waals surface area contributed by atoms with Gasteiger partial charge in [0.25, 0.3) is 10.0 Å². The predicted molar refractivity (Wildman–Crippen MR) is 84.2 cm³/mol. The first kappa shape index (κ1) is 16.6. The SMILES string of the molecule is Cc1[nH]nc(S(=O)(=O)Nc2c(Cl)cc(Br)cc2Cl)c1CO. The third-order valence-electron chi connectivity index (χ3n) is 2.69. The van der Waals surface area contributed by atoms with E-state index in [-0.39, 0.29) is 26.3 Å². The highest BCUT2D eigenvalue weighted by molar-refractivity contribution is 9.10. The van der Waals surface area contributed by atoms with Crippen molar-refractivity contribution < 1.29 is 13.5 Å². The molecular formula is C11H10BrCl2N3O3S. The summed E-state index contributed by atoms with van der Waals surface area (Å²) < 4.78 is 27.6. The Bertz CT molecular complexity index is 769. The predicted octanol–water partition coefficient (Wildman–Crippen LogP) is 3.08. The number of nitrogens with zero attached hydrogens (tertiary/aromatic N) is 1. The number of rotatable bonds is 4. The van der Waals surface area contributed by atoms with E-state index in [0.717, 1.165) is 0 Å². The number of H-pyrrole nitrogens is 1. The number of aromatic amines is 1. The van der Waals surface area contributed by atoms with Gasteiger partial charge in [-0.2, -0.15) is 13.5 Å². The van der Waals surface area contributed by atoms with Gasteiger partial charge in [0.05, 0.1) is 22.3 Å². The van der Waals surface area contributed by atoms with Gasteiger partial charge in [-0.25, -0.2) is 0 Å². The van der Waals surface area contributed by atoms with Crippen LogP contribution in [0.1, 0.15) is 11.3 Å². The molecule has 0 spiro atoms. The minimum atomic E-state index is -4.03. The van der Waals surface area contributed by atoms with E-state index in [0.29, 0.717) is 10.2 Å². The van der Waals surface area contributed by atoms with Crippen LogP contribution in [-0.2, 0) is 16.6 Å². The first-order chi connectivity index (χ1) is 9.76. The van der Waals surface area contributed by atoms with Crippen LogP contribution in [0.3, 0.4) is 0 Å². The van der Waals surface area contributed by atoms with Crippen LogP contribution in [0.2, 0.25) is 10.0 Å². The Hall–Kier alpha value is -0.800. The lowest BCUT2D eigenvalue weighted by atomic mass is 10.3. The number of aryl methyl sites for hydroxylation is 1. The molecule has 0 saturated heterocycles. The highest BCUT2D eigenvalue weighted by Gasteiger charge is 2.25. The molecule has 0 atom stereocenters. The number of aliphatic hydroxyl groups excluding tert-OH is 1. The molecule has 10 heteroatoms. The zero-order chi connectivity index (χ0) is 15.8. The van der Waals surface area contributed by atoms with E-state index in [1.54, 1.807) is 6.92 Å². The summed E-state index contributed by atoms with van der Waals surface area (Å²) in [6, 6.07) is 3.02. The van der Waals surface area contributed by atoms with E-state index in [1.807, 2.05) is 0 Å². The fraction of sp³-hybridized carbons (Fsp3) is 0.182. The summed E-state index contributed by atoms with van der Waals surface area (Å²) >= 11 is 15.2. The molecule has 1 aromatic heterocycles. The van der Waals surface area contributed by atoms with E-state index in [2.05, 4.69) is 30.8 Å².